The maximum Gasteiger partial charge on any atom is 0.266 e. The second-order valence-electron chi connectivity index (χ2n) is 6.10. The highest BCUT2D eigenvalue weighted by atomic mass is 32.2. The summed E-state index contributed by atoms with van der Waals surface area (Å²) in [6.45, 7) is 0. The first kappa shape index (κ1) is 18.5. The van der Waals surface area contributed by atoms with E-state index in [2.05, 4.69) is 11.1 Å². The molecule has 2 aromatic carbocycles. The zero-order chi connectivity index (χ0) is 20.4. The number of rotatable bonds is 4. The molecule has 0 amide bonds. The van der Waals surface area contributed by atoms with Gasteiger partial charge >= 0.3 is 0 Å². The van der Waals surface area contributed by atoms with Crippen molar-refractivity contribution in [3.63, 3.8) is 0 Å². The minimum Gasteiger partial charge on any atom is -0.502 e. The number of aromatic hydroxyl groups is 1. The summed E-state index contributed by atoms with van der Waals surface area (Å²) in [6, 6.07) is 16.9. The fourth-order valence-corrected chi connectivity index (χ4v) is 3.68. The molecule has 0 spiro atoms. The van der Waals surface area contributed by atoms with Crippen LogP contribution in [-0.4, -0.2) is 14.7 Å². The van der Waals surface area contributed by atoms with Crippen LogP contribution >= 0.6 is 11.8 Å². The zero-order valence-corrected chi connectivity index (χ0v) is 15.7. The molecule has 0 aliphatic heterocycles. The molecule has 0 fully saturated rings. The summed E-state index contributed by atoms with van der Waals surface area (Å²) < 4.78 is 6.70. The van der Waals surface area contributed by atoms with Gasteiger partial charge in [0.25, 0.3) is 5.56 Å². The van der Waals surface area contributed by atoms with Gasteiger partial charge in [-0.05, 0) is 36.4 Å². The first-order chi connectivity index (χ1) is 14.1. The minimum atomic E-state index is -0.539. The molecule has 0 radical (unpaired) electrons. The van der Waals surface area contributed by atoms with E-state index in [-0.39, 0.29) is 11.3 Å². The van der Waals surface area contributed by atoms with Crippen LogP contribution in [0.4, 0.5) is 0 Å². The van der Waals surface area contributed by atoms with Crippen LogP contribution in [0.5, 0.6) is 5.75 Å². The highest BCUT2D eigenvalue weighted by Gasteiger charge is 2.14. The van der Waals surface area contributed by atoms with E-state index in [1.807, 2.05) is 0 Å². The first-order valence-electron chi connectivity index (χ1n) is 8.52. The van der Waals surface area contributed by atoms with E-state index >= 15 is 0 Å². The molecule has 142 valence electrons. The quantitative estimate of drug-likeness (QED) is 0.412. The molecule has 2 aromatic heterocycles. The van der Waals surface area contributed by atoms with Gasteiger partial charge < -0.3 is 9.52 Å². The van der Waals surface area contributed by atoms with Gasteiger partial charge in [-0.15, -0.1) is 0 Å². The van der Waals surface area contributed by atoms with Gasteiger partial charge in [-0.25, -0.2) is 4.98 Å². The van der Waals surface area contributed by atoms with Crippen LogP contribution in [0.3, 0.4) is 0 Å². The lowest BCUT2D eigenvalue weighted by Crippen LogP contribution is -2.21. The number of nitriles is 1. The molecule has 4 rings (SSSR count). The molecule has 29 heavy (non-hydrogen) atoms. The van der Waals surface area contributed by atoms with Gasteiger partial charge in [-0.2, -0.15) is 5.26 Å². The fourth-order valence-electron chi connectivity index (χ4n) is 2.78. The Bertz CT molecular complexity index is 1370. The van der Waals surface area contributed by atoms with E-state index in [1.54, 1.807) is 48.5 Å². The molecule has 2 heterocycles. The number of benzene rings is 2. The first-order valence-corrected chi connectivity index (χ1v) is 9.51. The van der Waals surface area contributed by atoms with E-state index in [0.29, 0.717) is 33.1 Å². The molecule has 4 aromatic rings. The molecule has 0 atom stereocenters. The van der Waals surface area contributed by atoms with Gasteiger partial charge in [0, 0.05) is 6.07 Å². The summed E-state index contributed by atoms with van der Waals surface area (Å²) in [6.07, 6.45) is 0.986. The Morgan fingerprint density at radius 1 is 1.14 bits per heavy atom. The summed E-state index contributed by atoms with van der Waals surface area (Å²) >= 11 is 1.22. The minimum absolute atomic E-state index is 0.233. The zero-order valence-electron chi connectivity index (χ0n) is 14.9. The third-order valence-corrected chi connectivity index (χ3v) is 5.17. The number of aromatic nitrogens is 2. The van der Waals surface area contributed by atoms with Crippen LogP contribution in [0.1, 0.15) is 11.3 Å². The molecule has 1 N–H and O–H groups in total. The second kappa shape index (κ2) is 7.66. The normalized spacial score (nSPS) is 10.7. The summed E-state index contributed by atoms with van der Waals surface area (Å²) in [5, 5.41) is 19.2. The van der Waals surface area contributed by atoms with Crippen molar-refractivity contribution in [1.29, 1.82) is 5.26 Å². The summed E-state index contributed by atoms with van der Waals surface area (Å²) in [5.41, 5.74) is 0.826. The largest absolute Gasteiger partial charge is 0.502 e. The third-order valence-electron chi connectivity index (χ3n) is 4.21. The lowest BCUT2D eigenvalue weighted by atomic mass is 10.2. The summed E-state index contributed by atoms with van der Waals surface area (Å²) in [7, 11) is 0. The molecule has 0 aliphatic carbocycles. The number of para-hydroxylation sites is 1. The average Bonchev–Trinajstić information content (AvgIpc) is 2.75. The van der Waals surface area contributed by atoms with Crippen LogP contribution < -0.4 is 11.0 Å². The monoisotopic (exact) mass is 403 g/mol. The highest BCUT2D eigenvalue weighted by Crippen LogP contribution is 2.24. The van der Waals surface area contributed by atoms with E-state index < -0.39 is 11.2 Å². The second-order valence-corrected chi connectivity index (χ2v) is 7.04. The summed E-state index contributed by atoms with van der Waals surface area (Å²) in [5.74, 6) is 0.111. The van der Waals surface area contributed by atoms with Crippen molar-refractivity contribution >= 4 is 22.7 Å². The molecule has 0 saturated carbocycles. The van der Waals surface area contributed by atoms with Crippen LogP contribution in [0.15, 0.2) is 80.0 Å². The molecular formula is C21H13N3O4S. The lowest BCUT2D eigenvalue weighted by Gasteiger charge is -2.13. The molecule has 0 aliphatic rings. The van der Waals surface area contributed by atoms with Gasteiger partial charge in [-0.1, -0.05) is 23.9 Å². The number of fused-ring (bicyclic) bond motifs is 1. The molecule has 0 bridgehead atoms. The van der Waals surface area contributed by atoms with Crippen LogP contribution in [0.25, 0.3) is 16.6 Å². The Hall–Kier alpha value is -3.83. The summed E-state index contributed by atoms with van der Waals surface area (Å²) in [4.78, 5) is 29.4. The standard InChI is InChI=1S/C21H13N3O4S/c22-10-13-5-7-14(8-6-13)24-20(27)16-3-1-2-4-17(16)23-21(24)29-12-15-9-18(25)19(26)11-28-15/h1-9,11,26H,12H2. The van der Waals surface area contributed by atoms with Crippen molar-refractivity contribution in [1.82, 2.24) is 9.55 Å². The topological polar surface area (TPSA) is 109 Å². The predicted octanol–water partition coefficient (Wildman–Crippen LogP) is 3.21. The maximum absolute atomic E-state index is 13.2. The predicted molar refractivity (Wildman–Crippen MR) is 108 cm³/mol. The number of thioether (sulfide) groups is 1. The maximum atomic E-state index is 13.2. The average molecular weight is 403 g/mol. The van der Waals surface area contributed by atoms with Gasteiger partial charge in [-0.3, -0.25) is 14.2 Å². The Morgan fingerprint density at radius 2 is 1.90 bits per heavy atom. The third kappa shape index (κ3) is 3.63. The van der Waals surface area contributed by atoms with Crippen molar-refractivity contribution in [3.05, 3.63) is 92.8 Å². The van der Waals surface area contributed by atoms with Crippen molar-refractivity contribution in [2.75, 3.05) is 0 Å². The number of hydrogen-bond donors (Lipinski definition) is 1. The van der Waals surface area contributed by atoms with E-state index in [4.69, 9.17) is 9.68 Å². The van der Waals surface area contributed by atoms with Gasteiger partial charge in [0.05, 0.1) is 34.0 Å². The molecule has 7 nitrogen and oxygen atoms in total. The molecular weight excluding hydrogens is 390 g/mol. The van der Waals surface area contributed by atoms with Crippen molar-refractivity contribution in [3.8, 4) is 17.5 Å². The SMILES string of the molecule is N#Cc1ccc(-n2c(SCc3cc(=O)c(O)co3)nc3ccccc3c2=O)cc1. The van der Waals surface area contributed by atoms with Crippen molar-refractivity contribution < 1.29 is 9.52 Å². The van der Waals surface area contributed by atoms with Gasteiger partial charge in [0.1, 0.15) is 12.0 Å². The van der Waals surface area contributed by atoms with Crippen LogP contribution in [0.2, 0.25) is 0 Å². The van der Waals surface area contributed by atoms with Crippen LogP contribution in [-0.2, 0) is 5.75 Å². The van der Waals surface area contributed by atoms with Crippen LogP contribution in [0, 0.1) is 11.3 Å². The number of nitrogens with zero attached hydrogens (tertiary/aromatic N) is 3. The smallest absolute Gasteiger partial charge is 0.266 e. The van der Waals surface area contributed by atoms with E-state index in [1.165, 1.54) is 22.4 Å². The molecule has 0 saturated heterocycles. The Morgan fingerprint density at radius 3 is 2.62 bits per heavy atom. The van der Waals surface area contributed by atoms with Crippen molar-refractivity contribution in [2.45, 2.75) is 10.9 Å². The van der Waals surface area contributed by atoms with Crippen molar-refractivity contribution in [2.24, 2.45) is 0 Å². The Labute approximate surface area is 168 Å². The van der Waals surface area contributed by atoms with E-state index in [0.717, 1.165) is 6.26 Å². The Kier molecular flexibility index (Phi) is 4.89. The highest BCUT2D eigenvalue weighted by molar-refractivity contribution is 7.98. The van der Waals surface area contributed by atoms with E-state index in [9.17, 15) is 14.7 Å². The fraction of sp³-hybridized carbons (Fsp3) is 0.0476. The molecule has 8 heteroatoms. The lowest BCUT2D eigenvalue weighted by molar-refractivity contribution is 0.419. The van der Waals surface area contributed by atoms with Gasteiger partial charge in [0.2, 0.25) is 5.43 Å². The number of hydrogen-bond acceptors (Lipinski definition) is 7. The Balaban J connectivity index is 1.82. The molecule has 0 unspecified atom stereocenters. The van der Waals surface area contributed by atoms with Gasteiger partial charge in [0.15, 0.2) is 10.9 Å².